The molecule has 0 radical (unpaired) electrons. The average Bonchev–Trinajstić information content (AvgIpc) is 2.50. The third-order valence-electron chi connectivity index (χ3n) is 1.57. The van der Waals surface area contributed by atoms with Crippen LogP contribution in [0.25, 0.3) is 10.1 Å². The lowest BCUT2D eigenvalue weighted by Gasteiger charge is -1.94. The molecular formula is C8H6BrNS. The van der Waals surface area contributed by atoms with Crippen LogP contribution in [0.2, 0.25) is 0 Å². The van der Waals surface area contributed by atoms with E-state index < -0.39 is 0 Å². The molecule has 0 N–H and O–H groups in total. The van der Waals surface area contributed by atoms with E-state index in [9.17, 15) is 0 Å². The molecule has 0 unspecified atom stereocenters. The number of hydrogen-bond acceptors (Lipinski definition) is 2. The fraction of sp³-hybridized carbons (Fsp3) is 0.125. The second-order valence-corrected chi connectivity index (χ2v) is 3.71. The Balaban J connectivity index is 2.79. The van der Waals surface area contributed by atoms with E-state index in [0.29, 0.717) is 0 Å². The molecule has 0 aliphatic carbocycles. The first kappa shape index (κ1) is 7.25. The van der Waals surface area contributed by atoms with Crippen LogP contribution in [-0.4, -0.2) is 4.98 Å². The van der Waals surface area contributed by atoms with Gasteiger partial charge in [0.1, 0.15) is 0 Å². The maximum atomic E-state index is 4.26. The van der Waals surface area contributed by atoms with E-state index in [0.717, 1.165) is 11.0 Å². The molecule has 11 heavy (non-hydrogen) atoms. The highest BCUT2D eigenvalue weighted by Crippen LogP contribution is 2.23. The van der Waals surface area contributed by atoms with E-state index in [1.165, 1.54) is 10.1 Å². The first-order chi connectivity index (χ1) is 5.42. The Bertz CT molecular complexity index is 369. The number of alkyl halides is 1. The second-order valence-electron chi connectivity index (χ2n) is 2.23. The van der Waals surface area contributed by atoms with Crippen molar-refractivity contribution in [2.75, 3.05) is 0 Å². The Morgan fingerprint density at radius 1 is 1.45 bits per heavy atom. The van der Waals surface area contributed by atoms with Crippen molar-refractivity contribution in [3.63, 3.8) is 0 Å². The van der Waals surface area contributed by atoms with Crippen LogP contribution in [0.3, 0.4) is 0 Å². The summed E-state index contributed by atoms with van der Waals surface area (Å²) < 4.78 is 1.30. The quantitative estimate of drug-likeness (QED) is 0.683. The molecule has 0 saturated carbocycles. The third-order valence-corrected chi connectivity index (χ3v) is 3.08. The van der Waals surface area contributed by atoms with Crippen LogP contribution >= 0.6 is 27.3 Å². The maximum absolute atomic E-state index is 4.26. The molecule has 0 bridgehead atoms. The van der Waals surface area contributed by atoms with Crippen molar-refractivity contribution in [3.05, 3.63) is 29.4 Å². The largest absolute Gasteiger partial charge is 0.259 e. The molecule has 2 rings (SSSR count). The standard InChI is InChI=1S/C8H6BrNS/c9-5-7-8-6(1-3-10-7)2-4-11-8/h1-4H,5H2. The number of thiophene rings is 1. The predicted octanol–water partition coefficient (Wildman–Crippen LogP) is 3.19. The van der Waals surface area contributed by atoms with E-state index in [1.807, 2.05) is 12.3 Å². The van der Waals surface area contributed by atoms with Crippen LogP contribution in [0, 0.1) is 0 Å². The van der Waals surface area contributed by atoms with Gasteiger partial charge in [-0.05, 0) is 22.9 Å². The lowest BCUT2D eigenvalue weighted by molar-refractivity contribution is 1.23. The molecule has 0 aliphatic rings. The van der Waals surface area contributed by atoms with Crippen LogP contribution in [0.4, 0.5) is 0 Å². The summed E-state index contributed by atoms with van der Waals surface area (Å²) in [7, 11) is 0. The smallest absolute Gasteiger partial charge is 0.0686 e. The Hall–Kier alpha value is -0.410. The van der Waals surface area contributed by atoms with Gasteiger partial charge in [0, 0.05) is 11.5 Å². The highest BCUT2D eigenvalue weighted by molar-refractivity contribution is 9.08. The molecule has 0 aromatic carbocycles. The highest BCUT2D eigenvalue weighted by Gasteiger charge is 2.00. The maximum Gasteiger partial charge on any atom is 0.0686 e. The van der Waals surface area contributed by atoms with Crippen molar-refractivity contribution in [2.24, 2.45) is 0 Å². The SMILES string of the molecule is BrCc1nccc2ccsc12. The van der Waals surface area contributed by atoms with Gasteiger partial charge in [-0.3, -0.25) is 4.98 Å². The van der Waals surface area contributed by atoms with Crippen LogP contribution in [0.5, 0.6) is 0 Å². The van der Waals surface area contributed by atoms with Crippen LogP contribution in [0.15, 0.2) is 23.7 Å². The molecule has 2 heterocycles. The van der Waals surface area contributed by atoms with Gasteiger partial charge in [-0.15, -0.1) is 11.3 Å². The lowest BCUT2D eigenvalue weighted by Crippen LogP contribution is -1.81. The van der Waals surface area contributed by atoms with Crippen molar-refractivity contribution < 1.29 is 0 Å². The van der Waals surface area contributed by atoms with Crippen molar-refractivity contribution in [1.82, 2.24) is 4.98 Å². The fourth-order valence-corrected chi connectivity index (χ4v) is 2.54. The van der Waals surface area contributed by atoms with Gasteiger partial charge in [0.15, 0.2) is 0 Å². The summed E-state index contributed by atoms with van der Waals surface area (Å²) in [4.78, 5) is 4.26. The highest BCUT2D eigenvalue weighted by atomic mass is 79.9. The van der Waals surface area contributed by atoms with Gasteiger partial charge in [-0.25, -0.2) is 0 Å². The zero-order chi connectivity index (χ0) is 7.68. The fourth-order valence-electron chi connectivity index (χ4n) is 1.05. The summed E-state index contributed by atoms with van der Waals surface area (Å²) in [6.07, 6.45) is 1.85. The van der Waals surface area contributed by atoms with Gasteiger partial charge in [0.05, 0.1) is 10.4 Å². The summed E-state index contributed by atoms with van der Waals surface area (Å²) in [5, 5.41) is 4.23. The van der Waals surface area contributed by atoms with E-state index in [2.05, 4.69) is 32.4 Å². The molecule has 2 aromatic heterocycles. The number of nitrogens with zero attached hydrogens (tertiary/aromatic N) is 1. The van der Waals surface area contributed by atoms with Gasteiger partial charge in [-0.1, -0.05) is 15.9 Å². The van der Waals surface area contributed by atoms with Gasteiger partial charge in [0.25, 0.3) is 0 Å². The number of hydrogen-bond donors (Lipinski definition) is 0. The molecule has 1 nitrogen and oxygen atoms in total. The number of rotatable bonds is 1. The molecule has 0 aliphatic heterocycles. The van der Waals surface area contributed by atoms with Gasteiger partial charge in [0.2, 0.25) is 0 Å². The zero-order valence-corrected chi connectivity index (χ0v) is 8.15. The minimum Gasteiger partial charge on any atom is -0.259 e. The Labute approximate surface area is 77.2 Å². The molecule has 3 heteroatoms. The first-order valence-electron chi connectivity index (χ1n) is 3.29. The normalized spacial score (nSPS) is 10.6. The Morgan fingerprint density at radius 3 is 3.18 bits per heavy atom. The monoisotopic (exact) mass is 227 g/mol. The minimum atomic E-state index is 0.838. The first-order valence-corrected chi connectivity index (χ1v) is 5.29. The summed E-state index contributed by atoms with van der Waals surface area (Å²) >= 11 is 5.15. The number of fused-ring (bicyclic) bond motifs is 1. The number of aromatic nitrogens is 1. The van der Waals surface area contributed by atoms with Crippen LogP contribution < -0.4 is 0 Å². The van der Waals surface area contributed by atoms with E-state index in [1.54, 1.807) is 11.3 Å². The summed E-state index contributed by atoms with van der Waals surface area (Å²) in [6.45, 7) is 0. The van der Waals surface area contributed by atoms with E-state index >= 15 is 0 Å². The predicted molar refractivity (Wildman–Crippen MR) is 52.3 cm³/mol. The van der Waals surface area contributed by atoms with E-state index in [4.69, 9.17) is 0 Å². The van der Waals surface area contributed by atoms with Crippen molar-refractivity contribution in [3.8, 4) is 0 Å². The molecule has 2 aromatic rings. The van der Waals surface area contributed by atoms with Crippen molar-refractivity contribution in [2.45, 2.75) is 5.33 Å². The number of halogens is 1. The molecule has 0 atom stereocenters. The molecule has 0 spiro atoms. The molecule has 0 fully saturated rings. The van der Waals surface area contributed by atoms with E-state index in [-0.39, 0.29) is 0 Å². The molecule has 0 saturated heterocycles. The zero-order valence-electron chi connectivity index (χ0n) is 5.75. The summed E-state index contributed by atoms with van der Waals surface area (Å²) in [5.74, 6) is 0. The molecule has 0 amide bonds. The summed E-state index contributed by atoms with van der Waals surface area (Å²) in [6, 6.07) is 4.16. The molecular weight excluding hydrogens is 222 g/mol. The average molecular weight is 228 g/mol. The van der Waals surface area contributed by atoms with Crippen LogP contribution in [-0.2, 0) is 5.33 Å². The minimum absolute atomic E-state index is 0.838. The number of pyridine rings is 1. The van der Waals surface area contributed by atoms with Crippen molar-refractivity contribution >= 4 is 37.4 Å². The van der Waals surface area contributed by atoms with Gasteiger partial charge >= 0.3 is 0 Å². The topological polar surface area (TPSA) is 12.9 Å². The van der Waals surface area contributed by atoms with Gasteiger partial charge < -0.3 is 0 Å². The van der Waals surface area contributed by atoms with Crippen LogP contribution in [0.1, 0.15) is 5.69 Å². The Morgan fingerprint density at radius 2 is 2.36 bits per heavy atom. The van der Waals surface area contributed by atoms with Gasteiger partial charge in [-0.2, -0.15) is 0 Å². The van der Waals surface area contributed by atoms with Crippen molar-refractivity contribution in [1.29, 1.82) is 0 Å². The third kappa shape index (κ3) is 1.19. The molecule has 56 valence electrons. The lowest BCUT2D eigenvalue weighted by atomic mass is 10.3. The Kier molecular flexibility index (Phi) is 1.92. The second kappa shape index (κ2) is 2.91. The summed E-state index contributed by atoms with van der Waals surface area (Å²) in [5.41, 5.74) is 1.14.